The van der Waals surface area contributed by atoms with E-state index in [1.54, 1.807) is 12.1 Å². The molecule has 6 nitrogen and oxygen atoms in total. The Kier molecular flexibility index (Phi) is 6.17. The van der Waals surface area contributed by atoms with E-state index in [0.717, 1.165) is 17.7 Å². The number of hydrogen-bond donors (Lipinski definition) is 1. The zero-order valence-electron chi connectivity index (χ0n) is 16.4. The molecule has 0 bridgehead atoms. The van der Waals surface area contributed by atoms with Gasteiger partial charge in [0.1, 0.15) is 0 Å². The Morgan fingerprint density at radius 3 is 2.29 bits per heavy atom. The van der Waals surface area contributed by atoms with Crippen LogP contribution in [-0.4, -0.2) is 43.9 Å². The SMILES string of the molecule is CCc1ccccc1NC(=O)c1ccc(S(=O)(=O)N2C[C@H](C)O[C@@H](C)C2)cc1. The first kappa shape index (κ1) is 20.5. The number of ether oxygens (including phenoxy) is 1. The molecule has 2 aromatic carbocycles. The summed E-state index contributed by atoms with van der Waals surface area (Å²) in [4.78, 5) is 12.7. The van der Waals surface area contributed by atoms with Gasteiger partial charge in [-0.25, -0.2) is 8.42 Å². The zero-order valence-corrected chi connectivity index (χ0v) is 17.2. The predicted octanol–water partition coefficient (Wildman–Crippen LogP) is 3.30. The van der Waals surface area contributed by atoms with Gasteiger partial charge in [-0.05, 0) is 56.2 Å². The molecule has 1 aliphatic rings. The second kappa shape index (κ2) is 8.43. The quantitative estimate of drug-likeness (QED) is 0.833. The molecule has 1 fully saturated rings. The van der Waals surface area contributed by atoms with Crippen molar-refractivity contribution < 1.29 is 17.9 Å². The fourth-order valence-electron chi connectivity index (χ4n) is 3.40. The van der Waals surface area contributed by atoms with E-state index < -0.39 is 10.0 Å². The van der Waals surface area contributed by atoms with Crippen LogP contribution in [0.4, 0.5) is 5.69 Å². The lowest BCUT2D eigenvalue weighted by Gasteiger charge is -2.34. The minimum absolute atomic E-state index is 0.151. The normalized spacial score (nSPS) is 20.7. The van der Waals surface area contributed by atoms with E-state index in [-0.39, 0.29) is 23.0 Å². The van der Waals surface area contributed by atoms with Crippen molar-refractivity contribution in [2.24, 2.45) is 0 Å². The van der Waals surface area contributed by atoms with E-state index in [1.165, 1.54) is 16.4 Å². The van der Waals surface area contributed by atoms with Crippen molar-refractivity contribution in [2.75, 3.05) is 18.4 Å². The van der Waals surface area contributed by atoms with E-state index >= 15 is 0 Å². The third-order valence-corrected chi connectivity index (χ3v) is 6.63. The van der Waals surface area contributed by atoms with E-state index in [9.17, 15) is 13.2 Å². The number of para-hydroxylation sites is 1. The van der Waals surface area contributed by atoms with Crippen molar-refractivity contribution in [3.8, 4) is 0 Å². The van der Waals surface area contributed by atoms with Crippen LogP contribution in [0.5, 0.6) is 0 Å². The summed E-state index contributed by atoms with van der Waals surface area (Å²) >= 11 is 0. The third kappa shape index (κ3) is 4.43. The maximum absolute atomic E-state index is 12.9. The number of aryl methyl sites for hydroxylation is 1. The molecule has 28 heavy (non-hydrogen) atoms. The van der Waals surface area contributed by atoms with Crippen molar-refractivity contribution in [1.29, 1.82) is 0 Å². The number of benzene rings is 2. The summed E-state index contributed by atoms with van der Waals surface area (Å²) in [5, 5.41) is 2.90. The fraction of sp³-hybridized carbons (Fsp3) is 0.381. The van der Waals surface area contributed by atoms with Gasteiger partial charge in [0, 0.05) is 24.3 Å². The van der Waals surface area contributed by atoms with Crippen LogP contribution >= 0.6 is 0 Å². The number of amides is 1. The standard InChI is InChI=1S/C21H26N2O4S/c1-4-17-7-5-6-8-20(17)22-21(24)18-9-11-19(12-10-18)28(25,26)23-13-15(2)27-16(3)14-23/h5-12,15-16H,4,13-14H2,1-3H3,(H,22,24)/t15-,16-/m0/s1. The van der Waals surface area contributed by atoms with Crippen LogP contribution in [-0.2, 0) is 21.2 Å². The number of anilines is 1. The predicted molar refractivity (Wildman–Crippen MR) is 109 cm³/mol. The van der Waals surface area contributed by atoms with Gasteiger partial charge in [-0.2, -0.15) is 4.31 Å². The van der Waals surface area contributed by atoms with Gasteiger partial charge in [0.15, 0.2) is 0 Å². The average Bonchev–Trinajstić information content (AvgIpc) is 2.67. The largest absolute Gasteiger partial charge is 0.373 e. The maximum Gasteiger partial charge on any atom is 0.255 e. The van der Waals surface area contributed by atoms with Crippen LogP contribution in [0, 0.1) is 0 Å². The smallest absolute Gasteiger partial charge is 0.255 e. The van der Waals surface area contributed by atoms with E-state index in [0.29, 0.717) is 18.7 Å². The minimum atomic E-state index is -3.62. The number of rotatable bonds is 5. The molecule has 0 aromatic heterocycles. The molecule has 0 spiro atoms. The molecule has 3 rings (SSSR count). The van der Waals surface area contributed by atoms with E-state index in [4.69, 9.17) is 4.74 Å². The van der Waals surface area contributed by atoms with Crippen LogP contribution in [0.1, 0.15) is 36.7 Å². The van der Waals surface area contributed by atoms with Gasteiger partial charge in [-0.1, -0.05) is 25.1 Å². The van der Waals surface area contributed by atoms with Crippen LogP contribution in [0.25, 0.3) is 0 Å². The molecule has 0 aliphatic carbocycles. The molecule has 2 atom stereocenters. The lowest BCUT2D eigenvalue weighted by molar-refractivity contribution is -0.0440. The summed E-state index contributed by atoms with van der Waals surface area (Å²) in [5.41, 5.74) is 2.22. The molecule has 0 saturated carbocycles. The number of nitrogens with zero attached hydrogens (tertiary/aromatic N) is 1. The van der Waals surface area contributed by atoms with Crippen molar-refractivity contribution >= 4 is 21.6 Å². The molecule has 1 aliphatic heterocycles. The number of hydrogen-bond acceptors (Lipinski definition) is 4. The minimum Gasteiger partial charge on any atom is -0.373 e. The number of carbonyl (C=O) groups is 1. The Morgan fingerprint density at radius 1 is 1.07 bits per heavy atom. The van der Waals surface area contributed by atoms with Gasteiger partial charge in [0.2, 0.25) is 10.0 Å². The molecule has 1 N–H and O–H groups in total. The number of sulfonamides is 1. The van der Waals surface area contributed by atoms with Crippen LogP contribution in [0.15, 0.2) is 53.4 Å². The lowest BCUT2D eigenvalue weighted by Crippen LogP contribution is -2.48. The molecule has 2 aromatic rings. The van der Waals surface area contributed by atoms with Gasteiger partial charge in [0.25, 0.3) is 5.91 Å². The van der Waals surface area contributed by atoms with Crippen molar-refractivity contribution in [3.63, 3.8) is 0 Å². The highest BCUT2D eigenvalue weighted by Crippen LogP contribution is 2.22. The van der Waals surface area contributed by atoms with Gasteiger partial charge in [-0.15, -0.1) is 0 Å². The number of nitrogens with one attached hydrogen (secondary N) is 1. The van der Waals surface area contributed by atoms with Gasteiger partial charge in [-0.3, -0.25) is 4.79 Å². The molecule has 0 radical (unpaired) electrons. The second-order valence-electron chi connectivity index (χ2n) is 7.07. The Morgan fingerprint density at radius 2 is 1.68 bits per heavy atom. The Balaban J connectivity index is 1.76. The summed E-state index contributed by atoms with van der Waals surface area (Å²) in [5.74, 6) is -0.265. The molecular weight excluding hydrogens is 376 g/mol. The van der Waals surface area contributed by atoms with Crippen molar-refractivity contribution in [3.05, 3.63) is 59.7 Å². The second-order valence-corrected chi connectivity index (χ2v) is 9.01. The fourth-order valence-corrected chi connectivity index (χ4v) is 4.99. The van der Waals surface area contributed by atoms with Crippen LogP contribution in [0.2, 0.25) is 0 Å². The molecule has 1 heterocycles. The highest BCUT2D eigenvalue weighted by Gasteiger charge is 2.32. The summed E-state index contributed by atoms with van der Waals surface area (Å²) < 4.78 is 32.9. The third-order valence-electron chi connectivity index (χ3n) is 4.79. The first-order valence-electron chi connectivity index (χ1n) is 9.46. The van der Waals surface area contributed by atoms with E-state index in [1.807, 2.05) is 45.0 Å². The van der Waals surface area contributed by atoms with Gasteiger partial charge in [0.05, 0.1) is 17.1 Å². The van der Waals surface area contributed by atoms with Gasteiger partial charge >= 0.3 is 0 Å². The molecule has 150 valence electrons. The monoisotopic (exact) mass is 402 g/mol. The molecular formula is C21H26N2O4S. The zero-order chi connectivity index (χ0) is 20.3. The van der Waals surface area contributed by atoms with Crippen LogP contribution in [0.3, 0.4) is 0 Å². The Hall–Kier alpha value is -2.22. The van der Waals surface area contributed by atoms with Gasteiger partial charge < -0.3 is 10.1 Å². The number of carbonyl (C=O) groups excluding carboxylic acids is 1. The Labute approximate surface area is 166 Å². The number of morpholine rings is 1. The Bertz CT molecular complexity index is 931. The topological polar surface area (TPSA) is 75.7 Å². The molecule has 0 unspecified atom stereocenters. The molecule has 1 saturated heterocycles. The van der Waals surface area contributed by atoms with Crippen LogP contribution < -0.4 is 5.32 Å². The first-order valence-corrected chi connectivity index (χ1v) is 10.9. The highest BCUT2D eigenvalue weighted by molar-refractivity contribution is 7.89. The maximum atomic E-state index is 12.9. The molecule has 7 heteroatoms. The van der Waals surface area contributed by atoms with Crippen molar-refractivity contribution in [2.45, 2.75) is 44.3 Å². The van der Waals surface area contributed by atoms with Crippen molar-refractivity contribution in [1.82, 2.24) is 4.31 Å². The summed E-state index contributed by atoms with van der Waals surface area (Å²) in [7, 11) is -3.62. The summed E-state index contributed by atoms with van der Waals surface area (Å²) in [6.07, 6.45) is 0.508. The highest BCUT2D eigenvalue weighted by atomic mass is 32.2. The summed E-state index contributed by atoms with van der Waals surface area (Å²) in [6, 6.07) is 13.7. The lowest BCUT2D eigenvalue weighted by atomic mass is 10.1. The molecule has 1 amide bonds. The first-order chi connectivity index (χ1) is 13.3. The van der Waals surface area contributed by atoms with E-state index in [2.05, 4.69) is 5.32 Å². The average molecular weight is 403 g/mol. The summed E-state index contributed by atoms with van der Waals surface area (Å²) in [6.45, 7) is 6.39.